The van der Waals surface area contributed by atoms with Crippen LogP contribution in [0, 0.1) is 5.82 Å². The number of hydrogen-bond donors (Lipinski definition) is 0. The Morgan fingerprint density at radius 3 is 2.52 bits per heavy atom. The normalized spacial score (nSPS) is 14.8. The molecule has 1 saturated heterocycles. The maximum atomic E-state index is 13.9. The van der Waals surface area contributed by atoms with Crippen LogP contribution in [0.4, 0.5) is 9.18 Å². The van der Waals surface area contributed by atoms with E-state index < -0.39 is 0 Å². The standard InChI is InChI=1S/C20H22BrFN2O3/c21-17-7-4-8-18(19(17)22)26-14-13-23-9-11-24(12-10-23)20(25)27-15-16-5-2-1-3-6-16/h1-8H,9-15H2. The van der Waals surface area contributed by atoms with E-state index in [0.717, 1.165) is 18.7 Å². The van der Waals surface area contributed by atoms with Crippen molar-refractivity contribution >= 4 is 22.0 Å². The van der Waals surface area contributed by atoms with E-state index in [0.29, 0.717) is 30.7 Å². The first-order valence-corrected chi connectivity index (χ1v) is 9.67. The molecule has 0 N–H and O–H groups in total. The van der Waals surface area contributed by atoms with Gasteiger partial charge in [-0.1, -0.05) is 36.4 Å². The molecule has 1 heterocycles. The van der Waals surface area contributed by atoms with E-state index in [9.17, 15) is 9.18 Å². The van der Waals surface area contributed by atoms with Crippen LogP contribution in [0.5, 0.6) is 5.75 Å². The molecule has 27 heavy (non-hydrogen) atoms. The first-order chi connectivity index (χ1) is 13.1. The van der Waals surface area contributed by atoms with Crippen molar-refractivity contribution in [1.29, 1.82) is 0 Å². The summed E-state index contributed by atoms with van der Waals surface area (Å²) < 4.78 is 25.1. The van der Waals surface area contributed by atoms with E-state index in [-0.39, 0.29) is 24.3 Å². The molecular weight excluding hydrogens is 415 g/mol. The van der Waals surface area contributed by atoms with Gasteiger partial charge in [0, 0.05) is 32.7 Å². The summed E-state index contributed by atoms with van der Waals surface area (Å²) in [4.78, 5) is 16.1. The lowest BCUT2D eigenvalue weighted by Crippen LogP contribution is -2.49. The SMILES string of the molecule is O=C(OCc1ccccc1)N1CCN(CCOc2cccc(Br)c2F)CC1. The Morgan fingerprint density at radius 1 is 1.04 bits per heavy atom. The molecule has 0 aromatic heterocycles. The first-order valence-electron chi connectivity index (χ1n) is 8.88. The molecule has 0 unspecified atom stereocenters. The van der Waals surface area contributed by atoms with Gasteiger partial charge in [0.2, 0.25) is 0 Å². The Morgan fingerprint density at radius 2 is 1.78 bits per heavy atom. The van der Waals surface area contributed by atoms with Gasteiger partial charge in [-0.15, -0.1) is 0 Å². The van der Waals surface area contributed by atoms with Crippen LogP contribution in [0.15, 0.2) is 53.0 Å². The zero-order chi connectivity index (χ0) is 19.1. The maximum absolute atomic E-state index is 13.9. The van der Waals surface area contributed by atoms with Gasteiger partial charge in [-0.2, -0.15) is 0 Å². The van der Waals surface area contributed by atoms with Gasteiger partial charge >= 0.3 is 6.09 Å². The van der Waals surface area contributed by atoms with Crippen molar-refractivity contribution in [3.05, 3.63) is 64.4 Å². The topological polar surface area (TPSA) is 42.0 Å². The van der Waals surface area contributed by atoms with Crippen LogP contribution >= 0.6 is 15.9 Å². The van der Waals surface area contributed by atoms with Crippen LogP contribution in [0.25, 0.3) is 0 Å². The summed E-state index contributed by atoms with van der Waals surface area (Å²) >= 11 is 3.15. The van der Waals surface area contributed by atoms with E-state index in [1.165, 1.54) is 0 Å². The zero-order valence-corrected chi connectivity index (χ0v) is 16.5. The molecule has 0 spiro atoms. The van der Waals surface area contributed by atoms with Crippen molar-refractivity contribution in [1.82, 2.24) is 9.80 Å². The summed E-state index contributed by atoms with van der Waals surface area (Å²) in [6.07, 6.45) is -0.286. The average molecular weight is 437 g/mol. The Kier molecular flexibility index (Phi) is 7.06. The van der Waals surface area contributed by atoms with Gasteiger partial charge in [-0.3, -0.25) is 4.90 Å². The predicted octanol–water partition coefficient (Wildman–Crippen LogP) is 3.92. The fraction of sp³-hybridized carbons (Fsp3) is 0.350. The minimum absolute atomic E-state index is 0.243. The number of benzene rings is 2. The van der Waals surface area contributed by atoms with Crippen molar-refractivity contribution in [3.8, 4) is 5.75 Å². The molecule has 0 radical (unpaired) electrons. The Bertz CT molecular complexity index is 752. The number of carbonyl (C=O) groups excluding carboxylic acids is 1. The third-order valence-electron chi connectivity index (χ3n) is 4.42. The van der Waals surface area contributed by atoms with Crippen LogP contribution in [-0.4, -0.2) is 55.2 Å². The number of hydrogen-bond acceptors (Lipinski definition) is 4. The lowest BCUT2D eigenvalue weighted by Gasteiger charge is -2.33. The van der Waals surface area contributed by atoms with Crippen LogP contribution < -0.4 is 4.74 Å². The monoisotopic (exact) mass is 436 g/mol. The smallest absolute Gasteiger partial charge is 0.410 e. The molecule has 5 nitrogen and oxygen atoms in total. The molecule has 0 saturated carbocycles. The first kappa shape index (κ1) is 19.6. The molecular formula is C20H22BrFN2O3. The van der Waals surface area contributed by atoms with Crippen LogP contribution in [-0.2, 0) is 11.3 Å². The highest BCUT2D eigenvalue weighted by Gasteiger charge is 2.22. The summed E-state index contributed by atoms with van der Waals surface area (Å²) in [6.45, 7) is 4.06. The minimum atomic E-state index is -0.386. The molecule has 7 heteroatoms. The quantitative estimate of drug-likeness (QED) is 0.687. The second-order valence-corrected chi connectivity index (χ2v) is 7.12. The Hall–Kier alpha value is -2.12. The number of amides is 1. The van der Waals surface area contributed by atoms with Gasteiger partial charge < -0.3 is 14.4 Å². The molecule has 1 aliphatic heterocycles. The second kappa shape index (κ2) is 9.71. The molecule has 2 aromatic carbocycles. The molecule has 0 bridgehead atoms. The molecule has 1 fully saturated rings. The molecule has 2 aromatic rings. The Balaban J connectivity index is 1.36. The molecule has 0 atom stereocenters. The van der Waals surface area contributed by atoms with Crippen molar-refractivity contribution in [2.75, 3.05) is 39.3 Å². The fourth-order valence-corrected chi connectivity index (χ4v) is 3.19. The van der Waals surface area contributed by atoms with Crippen molar-refractivity contribution in [2.45, 2.75) is 6.61 Å². The number of carbonyl (C=O) groups is 1. The average Bonchev–Trinajstić information content (AvgIpc) is 2.70. The number of nitrogens with zero attached hydrogens (tertiary/aromatic N) is 2. The highest BCUT2D eigenvalue weighted by Crippen LogP contribution is 2.24. The molecule has 1 aliphatic rings. The highest BCUT2D eigenvalue weighted by molar-refractivity contribution is 9.10. The molecule has 144 valence electrons. The maximum Gasteiger partial charge on any atom is 0.410 e. The highest BCUT2D eigenvalue weighted by atomic mass is 79.9. The molecule has 0 aliphatic carbocycles. The summed E-state index contributed by atoms with van der Waals surface area (Å²) in [6, 6.07) is 14.6. The van der Waals surface area contributed by atoms with E-state index in [1.807, 2.05) is 30.3 Å². The largest absolute Gasteiger partial charge is 0.489 e. The van der Waals surface area contributed by atoms with Crippen molar-refractivity contribution < 1.29 is 18.7 Å². The number of ether oxygens (including phenoxy) is 2. The third-order valence-corrected chi connectivity index (χ3v) is 5.03. The number of piperazine rings is 1. The minimum Gasteiger partial charge on any atom is -0.489 e. The second-order valence-electron chi connectivity index (χ2n) is 6.27. The van der Waals surface area contributed by atoms with Gasteiger partial charge in [0.25, 0.3) is 0 Å². The van der Waals surface area contributed by atoms with Gasteiger partial charge in [-0.25, -0.2) is 9.18 Å². The van der Waals surface area contributed by atoms with Gasteiger partial charge in [0.05, 0.1) is 4.47 Å². The molecule has 1 amide bonds. The summed E-state index contributed by atoms with van der Waals surface area (Å²) in [7, 11) is 0. The lowest BCUT2D eigenvalue weighted by atomic mass is 10.2. The van der Waals surface area contributed by atoms with Crippen LogP contribution in [0.3, 0.4) is 0 Å². The van der Waals surface area contributed by atoms with Gasteiger partial charge in [-0.05, 0) is 33.6 Å². The van der Waals surface area contributed by atoms with Crippen molar-refractivity contribution in [2.24, 2.45) is 0 Å². The number of halogens is 2. The summed E-state index contributed by atoms with van der Waals surface area (Å²) in [5.74, 6) is -0.143. The van der Waals surface area contributed by atoms with E-state index in [2.05, 4.69) is 20.8 Å². The van der Waals surface area contributed by atoms with Crippen molar-refractivity contribution in [3.63, 3.8) is 0 Å². The Labute approximate surface area is 166 Å². The van der Waals surface area contributed by atoms with Crippen LogP contribution in [0.2, 0.25) is 0 Å². The number of rotatable bonds is 6. The fourth-order valence-electron chi connectivity index (χ4n) is 2.84. The lowest BCUT2D eigenvalue weighted by molar-refractivity contribution is 0.0682. The summed E-state index contributed by atoms with van der Waals surface area (Å²) in [5.41, 5.74) is 0.974. The summed E-state index contributed by atoms with van der Waals surface area (Å²) in [5, 5.41) is 0. The zero-order valence-electron chi connectivity index (χ0n) is 14.9. The van der Waals surface area contributed by atoms with Gasteiger partial charge in [0.1, 0.15) is 13.2 Å². The predicted molar refractivity (Wildman–Crippen MR) is 104 cm³/mol. The molecule has 3 rings (SSSR count). The van der Waals surface area contributed by atoms with E-state index >= 15 is 0 Å². The van der Waals surface area contributed by atoms with Crippen LogP contribution in [0.1, 0.15) is 5.56 Å². The third kappa shape index (κ3) is 5.68. The van der Waals surface area contributed by atoms with E-state index in [1.54, 1.807) is 23.1 Å². The van der Waals surface area contributed by atoms with E-state index in [4.69, 9.17) is 9.47 Å². The van der Waals surface area contributed by atoms with Gasteiger partial charge in [0.15, 0.2) is 11.6 Å².